The Bertz CT molecular complexity index is 1540. The maximum atomic E-state index is 14.0. The van der Waals surface area contributed by atoms with Crippen molar-refractivity contribution in [3.8, 4) is 5.75 Å². The Morgan fingerprint density at radius 1 is 0.925 bits per heavy atom. The van der Waals surface area contributed by atoms with E-state index in [1.54, 1.807) is 31.2 Å². The van der Waals surface area contributed by atoms with Gasteiger partial charge in [-0.05, 0) is 86.7 Å². The van der Waals surface area contributed by atoms with Crippen LogP contribution in [-0.4, -0.2) is 98.9 Å². The number of nitrogens with zero attached hydrogens (tertiary/aromatic N) is 2. The van der Waals surface area contributed by atoms with Gasteiger partial charge in [-0.15, -0.1) is 0 Å². The maximum absolute atomic E-state index is 14.0. The van der Waals surface area contributed by atoms with E-state index in [0.717, 1.165) is 0 Å². The molecule has 1 aromatic heterocycles. The number of likely N-dealkylation sites (tertiary alicyclic amines) is 1. The highest BCUT2D eigenvalue weighted by atomic mass is 16.4. The average Bonchev–Trinajstić information content (AvgIpc) is 3.63. The van der Waals surface area contributed by atoms with Crippen molar-refractivity contribution in [2.75, 3.05) is 13.1 Å². The Hall–Kier alpha value is -5.05. The largest absolute Gasteiger partial charge is 0.508 e. The molecule has 1 aliphatic rings. The van der Waals surface area contributed by atoms with Crippen LogP contribution in [0.2, 0.25) is 0 Å². The molecule has 6 atom stereocenters. The standard InChI is InChI=1S/C38H55N7O8/c1-5-24(4)32(36(50)43-30(38(52)53)20-23(2)3)44-34(48)29(21-25-13-15-27(46)16-14-25)42-35(49)31-12-9-19-45(31)37(51)28(11-6-7-17-39)41-33(47)26-10-8-18-40-22-26/h8,10,13-16,18,22-24,28-32,46H,5-7,9,11-12,17,19-21,39H2,1-4H3,(H,41,47)(H,42,49)(H,43,50)(H,44,48)(H,52,53)/t24-,28+,29+,30+,31+,32+/m1/s1. The van der Waals surface area contributed by atoms with Crippen molar-refractivity contribution in [3.05, 3.63) is 59.9 Å². The van der Waals surface area contributed by atoms with Gasteiger partial charge < -0.3 is 42.1 Å². The number of aromatic nitrogens is 1. The van der Waals surface area contributed by atoms with E-state index < -0.39 is 71.6 Å². The summed E-state index contributed by atoms with van der Waals surface area (Å²) in [4.78, 5) is 85.8. The van der Waals surface area contributed by atoms with Gasteiger partial charge in [0.15, 0.2) is 0 Å². The van der Waals surface area contributed by atoms with Crippen molar-refractivity contribution in [2.24, 2.45) is 17.6 Å². The lowest BCUT2D eigenvalue weighted by Gasteiger charge is -2.31. The third kappa shape index (κ3) is 12.8. The predicted octanol–water partition coefficient (Wildman–Crippen LogP) is 1.88. The number of aliphatic carboxylic acids is 1. The summed E-state index contributed by atoms with van der Waals surface area (Å²) in [6.45, 7) is 7.95. The summed E-state index contributed by atoms with van der Waals surface area (Å²) in [5.74, 6) is -4.41. The van der Waals surface area contributed by atoms with Crippen LogP contribution in [0.25, 0.3) is 0 Å². The summed E-state index contributed by atoms with van der Waals surface area (Å²) in [6.07, 6.45) is 5.93. The zero-order chi connectivity index (χ0) is 39.1. The first kappa shape index (κ1) is 42.4. The van der Waals surface area contributed by atoms with Gasteiger partial charge in [0.2, 0.25) is 23.6 Å². The van der Waals surface area contributed by atoms with Gasteiger partial charge in [0.1, 0.15) is 36.0 Å². The lowest BCUT2D eigenvalue weighted by Crippen LogP contribution is -2.60. The zero-order valence-electron chi connectivity index (χ0n) is 31.0. The van der Waals surface area contributed by atoms with Crippen LogP contribution in [0, 0.1) is 11.8 Å². The minimum Gasteiger partial charge on any atom is -0.508 e. The molecule has 1 saturated heterocycles. The van der Waals surface area contributed by atoms with Gasteiger partial charge in [-0.3, -0.25) is 29.0 Å². The van der Waals surface area contributed by atoms with E-state index >= 15 is 0 Å². The second kappa shape index (κ2) is 20.9. The molecule has 1 aliphatic heterocycles. The van der Waals surface area contributed by atoms with Gasteiger partial charge in [-0.1, -0.05) is 46.2 Å². The normalized spacial score (nSPS) is 16.9. The number of benzene rings is 1. The Balaban J connectivity index is 1.85. The van der Waals surface area contributed by atoms with Crippen LogP contribution in [0.3, 0.4) is 0 Å². The summed E-state index contributed by atoms with van der Waals surface area (Å²) in [5.41, 5.74) is 6.57. The number of aromatic hydroxyl groups is 1. The van der Waals surface area contributed by atoms with E-state index in [1.807, 2.05) is 20.8 Å². The average molecular weight is 738 g/mol. The lowest BCUT2D eigenvalue weighted by atomic mass is 9.96. The number of phenols is 1. The third-order valence-electron chi connectivity index (χ3n) is 9.44. The van der Waals surface area contributed by atoms with Crippen molar-refractivity contribution >= 4 is 35.5 Å². The number of carboxylic acid groups (broad SMARTS) is 1. The number of carboxylic acids is 1. The van der Waals surface area contributed by atoms with Crippen LogP contribution in [-0.2, 0) is 30.4 Å². The first-order chi connectivity index (χ1) is 25.2. The van der Waals surface area contributed by atoms with E-state index in [9.17, 15) is 39.0 Å². The maximum Gasteiger partial charge on any atom is 0.326 e. The van der Waals surface area contributed by atoms with E-state index in [-0.39, 0.29) is 36.6 Å². The molecule has 8 N–H and O–H groups in total. The van der Waals surface area contributed by atoms with E-state index in [4.69, 9.17) is 5.73 Å². The molecule has 15 heteroatoms. The van der Waals surface area contributed by atoms with Crippen molar-refractivity contribution in [1.29, 1.82) is 0 Å². The molecule has 15 nitrogen and oxygen atoms in total. The topological polar surface area (TPSA) is 233 Å². The second-order valence-electron chi connectivity index (χ2n) is 14.1. The van der Waals surface area contributed by atoms with E-state index in [1.165, 1.54) is 29.4 Å². The minimum atomic E-state index is -1.21. The van der Waals surface area contributed by atoms with Gasteiger partial charge in [-0.2, -0.15) is 0 Å². The molecule has 290 valence electrons. The van der Waals surface area contributed by atoms with E-state index in [0.29, 0.717) is 50.6 Å². The number of nitrogens with one attached hydrogen (secondary N) is 4. The Kier molecular flexibility index (Phi) is 16.7. The highest BCUT2D eigenvalue weighted by Crippen LogP contribution is 2.21. The molecule has 53 heavy (non-hydrogen) atoms. The molecule has 5 amide bonds. The fraction of sp³-hybridized carbons (Fsp3) is 0.553. The Morgan fingerprint density at radius 2 is 1.64 bits per heavy atom. The summed E-state index contributed by atoms with van der Waals surface area (Å²) in [5, 5.41) is 30.5. The highest BCUT2D eigenvalue weighted by molar-refractivity contribution is 5.99. The Labute approximate surface area is 310 Å². The number of unbranched alkanes of at least 4 members (excludes halogenated alkanes) is 1. The SMILES string of the molecule is CC[C@@H](C)[C@H](NC(=O)[C@H](Cc1ccc(O)cc1)NC(=O)[C@@H]1CCCN1C(=O)[C@H](CCCCN)NC(=O)c1cccnc1)C(=O)N[C@@H](CC(C)C)C(=O)O. The number of carbonyl (C=O) groups is 6. The van der Waals surface area contributed by atoms with Crippen LogP contribution < -0.4 is 27.0 Å². The Morgan fingerprint density at radius 3 is 2.25 bits per heavy atom. The summed E-state index contributed by atoms with van der Waals surface area (Å²) in [6, 6.07) is 3.96. The summed E-state index contributed by atoms with van der Waals surface area (Å²) in [7, 11) is 0. The van der Waals surface area contributed by atoms with Gasteiger partial charge >= 0.3 is 5.97 Å². The van der Waals surface area contributed by atoms with Crippen LogP contribution in [0.15, 0.2) is 48.8 Å². The van der Waals surface area contributed by atoms with E-state index in [2.05, 4.69) is 26.3 Å². The second-order valence-corrected chi connectivity index (χ2v) is 14.1. The molecule has 0 radical (unpaired) electrons. The number of amides is 5. The number of hydrogen-bond donors (Lipinski definition) is 7. The molecule has 0 spiro atoms. The fourth-order valence-corrected chi connectivity index (χ4v) is 6.25. The molecule has 2 heterocycles. The molecule has 0 aliphatic carbocycles. The van der Waals surface area contributed by atoms with Gasteiger partial charge in [0.25, 0.3) is 5.91 Å². The zero-order valence-corrected chi connectivity index (χ0v) is 31.0. The molecule has 0 unspecified atom stereocenters. The molecule has 2 aromatic rings. The smallest absolute Gasteiger partial charge is 0.326 e. The highest BCUT2D eigenvalue weighted by Gasteiger charge is 2.39. The molecule has 0 bridgehead atoms. The number of hydrogen-bond acceptors (Lipinski definition) is 9. The van der Waals surface area contributed by atoms with Crippen molar-refractivity contribution in [1.82, 2.24) is 31.2 Å². The van der Waals surface area contributed by atoms with Crippen LogP contribution >= 0.6 is 0 Å². The molecule has 0 saturated carbocycles. The molecule has 1 aromatic carbocycles. The quantitative estimate of drug-likeness (QED) is 0.0975. The summed E-state index contributed by atoms with van der Waals surface area (Å²) < 4.78 is 0. The molecular weight excluding hydrogens is 682 g/mol. The van der Waals surface area contributed by atoms with Gasteiger partial charge in [0, 0.05) is 25.4 Å². The lowest BCUT2D eigenvalue weighted by molar-refractivity contribution is -0.143. The first-order valence-electron chi connectivity index (χ1n) is 18.4. The number of rotatable bonds is 20. The number of phenolic OH excluding ortho intramolecular Hbond substituents is 1. The fourth-order valence-electron chi connectivity index (χ4n) is 6.25. The van der Waals surface area contributed by atoms with Crippen LogP contribution in [0.1, 0.15) is 88.6 Å². The monoisotopic (exact) mass is 737 g/mol. The van der Waals surface area contributed by atoms with Crippen LogP contribution in [0.4, 0.5) is 0 Å². The van der Waals surface area contributed by atoms with Crippen LogP contribution in [0.5, 0.6) is 5.75 Å². The number of pyridine rings is 1. The van der Waals surface area contributed by atoms with Crippen molar-refractivity contribution in [2.45, 2.75) is 109 Å². The molecular formula is C38H55N7O8. The number of nitrogens with two attached hydrogens (primary N) is 1. The first-order valence-corrected chi connectivity index (χ1v) is 18.4. The van der Waals surface area contributed by atoms with Crippen molar-refractivity contribution < 1.29 is 39.0 Å². The van der Waals surface area contributed by atoms with Crippen molar-refractivity contribution in [3.63, 3.8) is 0 Å². The van der Waals surface area contributed by atoms with Gasteiger partial charge in [0.05, 0.1) is 5.56 Å². The molecule has 1 fully saturated rings. The van der Waals surface area contributed by atoms with Gasteiger partial charge in [-0.25, -0.2) is 4.79 Å². The molecule has 3 rings (SSSR count). The third-order valence-corrected chi connectivity index (χ3v) is 9.44. The minimum absolute atomic E-state index is 0.0124. The summed E-state index contributed by atoms with van der Waals surface area (Å²) >= 11 is 0. The predicted molar refractivity (Wildman–Crippen MR) is 197 cm³/mol. The number of carbonyl (C=O) groups excluding carboxylic acids is 5.